The Labute approximate surface area is 189 Å². The lowest BCUT2D eigenvalue weighted by atomic mass is 9.91. The van der Waals surface area contributed by atoms with Crippen LogP contribution in [0.3, 0.4) is 0 Å². The number of likely N-dealkylation sites (tertiary alicyclic amines) is 1. The van der Waals surface area contributed by atoms with Gasteiger partial charge in [-0.2, -0.15) is 0 Å². The SMILES string of the molecule is O=C1O[C@]2(CCN(C(=O)c3ccc(N4CCN(C(=O)O)CC4)cc3Cl)C2)c2ccccc21. The molecule has 0 unspecified atom stereocenters. The predicted molar refractivity (Wildman–Crippen MR) is 117 cm³/mol. The van der Waals surface area contributed by atoms with Gasteiger partial charge in [-0.15, -0.1) is 0 Å². The van der Waals surface area contributed by atoms with Crippen LogP contribution in [0.25, 0.3) is 0 Å². The number of ether oxygens (including phenoxy) is 1. The first-order chi connectivity index (χ1) is 15.4. The van der Waals surface area contributed by atoms with Gasteiger partial charge in [-0.25, -0.2) is 9.59 Å². The van der Waals surface area contributed by atoms with Crippen molar-refractivity contribution in [3.63, 3.8) is 0 Å². The second kappa shape index (κ2) is 7.70. The van der Waals surface area contributed by atoms with Crippen LogP contribution < -0.4 is 4.90 Å². The summed E-state index contributed by atoms with van der Waals surface area (Å²) in [4.78, 5) is 41.7. The highest BCUT2D eigenvalue weighted by molar-refractivity contribution is 6.34. The van der Waals surface area contributed by atoms with Crippen LogP contribution in [0.15, 0.2) is 42.5 Å². The molecule has 5 rings (SSSR count). The molecule has 1 spiro atoms. The van der Waals surface area contributed by atoms with E-state index in [1.807, 2.05) is 18.2 Å². The molecular formula is C23H22ClN3O5. The molecule has 2 saturated heterocycles. The molecule has 0 radical (unpaired) electrons. The second-order valence-electron chi connectivity index (χ2n) is 8.33. The van der Waals surface area contributed by atoms with Gasteiger partial charge in [-0.05, 0) is 24.3 Å². The lowest BCUT2D eigenvalue weighted by Crippen LogP contribution is -2.48. The van der Waals surface area contributed by atoms with E-state index in [0.717, 1.165) is 11.3 Å². The van der Waals surface area contributed by atoms with Crippen molar-refractivity contribution in [3.8, 4) is 0 Å². The highest BCUT2D eigenvalue weighted by atomic mass is 35.5. The second-order valence-corrected chi connectivity index (χ2v) is 8.73. The molecule has 3 aliphatic rings. The molecule has 8 nitrogen and oxygen atoms in total. The summed E-state index contributed by atoms with van der Waals surface area (Å²) in [7, 11) is 0. The van der Waals surface area contributed by atoms with E-state index in [1.54, 1.807) is 29.2 Å². The van der Waals surface area contributed by atoms with Crippen molar-refractivity contribution in [1.82, 2.24) is 9.80 Å². The number of carbonyl (C=O) groups excluding carboxylic acids is 2. The molecule has 9 heteroatoms. The number of hydrogen-bond donors (Lipinski definition) is 1. The molecule has 0 aromatic heterocycles. The molecule has 2 fully saturated rings. The van der Waals surface area contributed by atoms with Gasteiger partial charge >= 0.3 is 12.1 Å². The van der Waals surface area contributed by atoms with Crippen LogP contribution in [0, 0.1) is 0 Å². The van der Waals surface area contributed by atoms with Crippen LogP contribution in [0.1, 0.15) is 32.7 Å². The number of hydrogen-bond acceptors (Lipinski definition) is 5. The zero-order valence-corrected chi connectivity index (χ0v) is 18.0. The molecule has 0 aliphatic carbocycles. The fourth-order valence-electron chi connectivity index (χ4n) is 4.80. The Balaban J connectivity index is 1.31. The topological polar surface area (TPSA) is 90.4 Å². The fraction of sp³-hybridized carbons (Fsp3) is 0.348. The van der Waals surface area contributed by atoms with E-state index in [9.17, 15) is 14.4 Å². The van der Waals surface area contributed by atoms with Crippen molar-refractivity contribution in [1.29, 1.82) is 0 Å². The van der Waals surface area contributed by atoms with Crippen LogP contribution in [0.5, 0.6) is 0 Å². The number of amides is 2. The molecule has 2 aromatic rings. The summed E-state index contributed by atoms with van der Waals surface area (Å²) in [5.41, 5.74) is 1.86. The van der Waals surface area contributed by atoms with Crippen molar-refractivity contribution in [2.45, 2.75) is 12.0 Å². The van der Waals surface area contributed by atoms with Crippen LogP contribution in [-0.2, 0) is 10.3 Å². The van der Waals surface area contributed by atoms with Crippen LogP contribution in [0.2, 0.25) is 5.02 Å². The van der Waals surface area contributed by atoms with E-state index < -0.39 is 11.7 Å². The Morgan fingerprint density at radius 3 is 2.47 bits per heavy atom. The largest absolute Gasteiger partial charge is 0.465 e. The van der Waals surface area contributed by atoms with Gasteiger partial charge in [0.25, 0.3) is 5.91 Å². The molecule has 2 aromatic carbocycles. The zero-order valence-electron chi connectivity index (χ0n) is 17.3. The number of anilines is 1. The minimum absolute atomic E-state index is 0.199. The summed E-state index contributed by atoms with van der Waals surface area (Å²) in [5, 5.41) is 9.45. The van der Waals surface area contributed by atoms with Crippen LogP contribution in [-0.4, -0.2) is 72.1 Å². The average Bonchev–Trinajstić information content (AvgIpc) is 3.35. The van der Waals surface area contributed by atoms with Crippen LogP contribution in [0.4, 0.5) is 10.5 Å². The van der Waals surface area contributed by atoms with Gasteiger partial charge in [0, 0.05) is 50.4 Å². The summed E-state index contributed by atoms with van der Waals surface area (Å²) in [5.74, 6) is -0.546. The third-order valence-corrected chi connectivity index (χ3v) is 6.86. The molecule has 1 atom stereocenters. The number of halogens is 1. The van der Waals surface area contributed by atoms with E-state index >= 15 is 0 Å². The van der Waals surface area contributed by atoms with Crippen molar-refractivity contribution < 1.29 is 24.2 Å². The minimum atomic E-state index is -0.914. The number of benzene rings is 2. The van der Waals surface area contributed by atoms with E-state index in [1.165, 1.54) is 4.90 Å². The zero-order chi connectivity index (χ0) is 22.5. The van der Waals surface area contributed by atoms with Crippen molar-refractivity contribution in [2.75, 3.05) is 44.2 Å². The number of nitrogens with zero attached hydrogens (tertiary/aromatic N) is 3. The lowest BCUT2D eigenvalue weighted by molar-refractivity contribution is -0.00306. The van der Waals surface area contributed by atoms with Gasteiger partial charge in [-0.1, -0.05) is 29.8 Å². The maximum absolute atomic E-state index is 13.2. The highest BCUT2D eigenvalue weighted by Gasteiger charge is 2.51. The maximum atomic E-state index is 13.2. The normalized spacial score (nSPS) is 22.3. The number of carboxylic acid groups (broad SMARTS) is 1. The van der Waals surface area contributed by atoms with E-state index in [0.29, 0.717) is 61.8 Å². The number of carbonyl (C=O) groups is 3. The molecule has 3 heterocycles. The van der Waals surface area contributed by atoms with Crippen molar-refractivity contribution >= 4 is 35.3 Å². The third kappa shape index (κ3) is 3.35. The van der Waals surface area contributed by atoms with Gasteiger partial charge in [0.15, 0.2) is 5.60 Å². The summed E-state index contributed by atoms with van der Waals surface area (Å²) >= 11 is 6.49. The fourth-order valence-corrected chi connectivity index (χ4v) is 5.06. The lowest BCUT2D eigenvalue weighted by Gasteiger charge is -2.34. The van der Waals surface area contributed by atoms with Gasteiger partial charge in [-0.3, -0.25) is 4.79 Å². The molecule has 0 bridgehead atoms. The molecular weight excluding hydrogens is 434 g/mol. The molecule has 3 aliphatic heterocycles. The third-order valence-electron chi connectivity index (χ3n) is 6.54. The number of esters is 1. The quantitative estimate of drug-likeness (QED) is 0.700. The first-order valence-corrected chi connectivity index (χ1v) is 10.9. The number of fused-ring (bicyclic) bond motifs is 2. The summed E-state index contributed by atoms with van der Waals surface area (Å²) in [6.07, 6.45) is -0.368. The smallest absolute Gasteiger partial charge is 0.407 e. The monoisotopic (exact) mass is 455 g/mol. The van der Waals surface area contributed by atoms with Crippen molar-refractivity contribution in [2.24, 2.45) is 0 Å². The Bertz CT molecular complexity index is 1110. The Hall–Kier alpha value is -3.26. The Morgan fingerprint density at radius 1 is 1.00 bits per heavy atom. The van der Waals surface area contributed by atoms with Gasteiger partial charge in [0.1, 0.15) is 0 Å². The molecule has 32 heavy (non-hydrogen) atoms. The highest BCUT2D eigenvalue weighted by Crippen LogP contribution is 2.43. The van der Waals surface area contributed by atoms with Gasteiger partial charge < -0.3 is 24.5 Å². The van der Waals surface area contributed by atoms with E-state index in [-0.39, 0.29) is 11.9 Å². The standard InChI is InChI=1S/C23H22ClN3O5/c24-19-13-15(25-9-11-26(12-10-25)22(30)31)5-6-17(19)20(28)27-8-7-23(14-27)18-4-2-1-3-16(18)21(29)32-23/h1-6,13H,7-12,14H2,(H,30,31)/t23-/m0/s1. The minimum Gasteiger partial charge on any atom is -0.465 e. The maximum Gasteiger partial charge on any atom is 0.407 e. The van der Waals surface area contributed by atoms with E-state index in [4.69, 9.17) is 21.4 Å². The first kappa shape index (κ1) is 20.6. The first-order valence-electron chi connectivity index (χ1n) is 10.5. The molecule has 166 valence electrons. The van der Waals surface area contributed by atoms with Gasteiger partial charge in [0.2, 0.25) is 0 Å². The number of rotatable bonds is 2. The summed E-state index contributed by atoms with van der Waals surface area (Å²) in [6.45, 7) is 2.73. The molecule has 0 saturated carbocycles. The summed E-state index contributed by atoms with van der Waals surface area (Å²) < 4.78 is 5.73. The summed E-state index contributed by atoms with van der Waals surface area (Å²) in [6, 6.07) is 12.6. The Morgan fingerprint density at radius 2 is 1.75 bits per heavy atom. The average molecular weight is 456 g/mol. The van der Waals surface area contributed by atoms with Crippen LogP contribution >= 0.6 is 11.6 Å². The Kier molecular flexibility index (Phi) is 4.97. The predicted octanol–water partition coefficient (Wildman–Crippen LogP) is 3.05. The van der Waals surface area contributed by atoms with E-state index in [2.05, 4.69) is 4.90 Å². The van der Waals surface area contributed by atoms with Crippen molar-refractivity contribution in [3.05, 3.63) is 64.2 Å². The number of piperazine rings is 1. The van der Waals surface area contributed by atoms with Gasteiger partial charge in [0.05, 0.1) is 22.7 Å². The molecule has 1 N–H and O–H groups in total. The molecule has 2 amide bonds.